The highest BCUT2D eigenvalue weighted by molar-refractivity contribution is 5.30. The highest BCUT2D eigenvalue weighted by atomic mass is 15.2. The zero-order valence-electron chi connectivity index (χ0n) is 12.5. The molecule has 2 heterocycles. The van der Waals surface area contributed by atoms with E-state index in [2.05, 4.69) is 27.1 Å². The molecule has 0 unspecified atom stereocenters. The average Bonchev–Trinajstić information content (AvgIpc) is 3.31. The Bertz CT molecular complexity index is 405. The number of piperidine rings is 1. The summed E-state index contributed by atoms with van der Waals surface area (Å²) in [5, 5.41) is 3.50. The fourth-order valence-corrected chi connectivity index (χ4v) is 2.98. The van der Waals surface area contributed by atoms with Gasteiger partial charge in [0.15, 0.2) is 0 Å². The maximum atomic E-state index is 4.55. The molecule has 0 spiro atoms. The molecule has 1 N–H and O–H groups in total. The van der Waals surface area contributed by atoms with E-state index in [4.69, 9.17) is 0 Å². The summed E-state index contributed by atoms with van der Waals surface area (Å²) >= 11 is 0. The quantitative estimate of drug-likeness (QED) is 0.866. The Hall–Kier alpha value is -1.16. The fourth-order valence-electron chi connectivity index (χ4n) is 2.98. The summed E-state index contributed by atoms with van der Waals surface area (Å²) in [6, 6.07) is 0.743. The van der Waals surface area contributed by atoms with Crippen LogP contribution in [0, 0.1) is 5.92 Å². The number of aromatic nitrogens is 2. The molecular formula is C16H26N4. The van der Waals surface area contributed by atoms with E-state index in [9.17, 15) is 0 Å². The van der Waals surface area contributed by atoms with Crippen molar-refractivity contribution in [1.29, 1.82) is 0 Å². The molecular weight excluding hydrogens is 248 g/mol. The zero-order chi connectivity index (χ0) is 13.8. The van der Waals surface area contributed by atoms with Crippen molar-refractivity contribution < 1.29 is 0 Å². The third kappa shape index (κ3) is 3.69. The van der Waals surface area contributed by atoms with E-state index in [-0.39, 0.29) is 0 Å². The lowest BCUT2D eigenvalue weighted by Crippen LogP contribution is -2.34. The topological polar surface area (TPSA) is 41.1 Å². The van der Waals surface area contributed by atoms with Crippen LogP contribution in [0.2, 0.25) is 0 Å². The highest BCUT2D eigenvalue weighted by Crippen LogP contribution is 2.24. The predicted molar refractivity (Wildman–Crippen MR) is 81.7 cm³/mol. The van der Waals surface area contributed by atoms with Gasteiger partial charge in [0.25, 0.3) is 0 Å². The molecule has 4 nitrogen and oxygen atoms in total. The molecule has 1 aromatic heterocycles. The van der Waals surface area contributed by atoms with Crippen molar-refractivity contribution in [3.8, 4) is 0 Å². The van der Waals surface area contributed by atoms with Gasteiger partial charge in [-0.1, -0.05) is 19.8 Å². The Labute approximate surface area is 122 Å². The van der Waals surface area contributed by atoms with Crippen LogP contribution in [0.15, 0.2) is 12.4 Å². The Balaban J connectivity index is 1.49. The summed E-state index contributed by atoms with van der Waals surface area (Å²) in [6.45, 7) is 5.42. The lowest BCUT2D eigenvalue weighted by Gasteiger charge is -2.31. The summed E-state index contributed by atoms with van der Waals surface area (Å²) in [7, 11) is 0. The number of hydrogen-bond donors (Lipinski definition) is 1. The van der Waals surface area contributed by atoms with Crippen LogP contribution in [0.4, 0.5) is 5.95 Å². The van der Waals surface area contributed by atoms with Crippen LogP contribution in [0.25, 0.3) is 0 Å². The molecule has 3 rings (SSSR count). The third-order valence-electron chi connectivity index (χ3n) is 4.46. The molecule has 1 aliphatic heterocycles. The second-order valence-corrected chi connectivity index (χ2v) is 6.27. The van der Waals surface area contributed by atoms with Gasteiger partial charge in [0.05, 0.1) is 0 Å². The van der Waals surface area contributed by atoms with Crippen molar-refractivity contribution in [2.45, 2.75) is 58.0 Å². The van der Waals surface area contributed by atoms with E-state index >= 15 is 0 Å². The van der Waals surface area contributed by atoms with Gasteiger partial charge >= 0.3 is 0 Å². The highest BCUT2D eigenvalue weighted by Gasteiger charge is 2.21. The van der Waals surface area contributed by atoms with Crippen LogP contribution in [0.5, 0.6) is 0 Å². The zero-order valence-corrected chi connectivity index (χ0v) is 12.5. The molecule has 20 heavy (non-hydrogen) atoms. The largest absolute Gasteiger partial charge is 0.341 e. The van der Waals surface area contributed by atoms with E-state index in [0.29, 0.717) is 0 Å². The van der Waals surface area contributed by atoms with Crippen molar-refractivity contribution in [1.82, 2.24) is 15.3 Å². The molecule has 2 fully saturated rings. The molecule has 0 aromatic carbocycles. The fraction of sp³-hybridized carbons (Fsp3) is 0.750. The minimum Gasteiger partial charge on any atom is -0.341 e. The van der Waals surface area contributed by atoms with Crippen LogP contribution >= 0.6 is 0 Å². The van der Waals surface area contributed by atoms with Gasteiger partial charge in [-0.05, 0) is 31.6 Å². The summed E-state index contributed by atoms with van der Waals surface area (Å²) in [4.78, 5) is 11.4. The Morgan fingerprint density at radius 2 is 1.85 bits per heavy atom. The summed E-state index contributed by atoms with van der Waals surface area (Å²) in [5.41, 5.74) is 1.20. The second kappa shape index (κ2) is 6.53. The molecule has 1 aromatic rings. The minimum atomic E-state index is 0.743. The SMILES string of the molecule is CCCC1CCN(c2ncc(CNC3CC3)cn2)CC1. The van der Waals surface area contributed by atoms with Crippen LogP contribution in [-0.2, 0) is 6.54 Å². The molecule has 1 saturated heterocycles. The minimum absolute atomic E-state index is 0.743. The van der Waals surface area contributed by atoms with Crippen LogP contribution in [-0.4, -0.2) is 29.1 Å². The average molecular weight is 274 g/mol. The molecule has 4 heteroatoms. The first-order valence-electron chi connectivity index (χ1n) is 8.14. The van der Waals surface area contributed by atoms with E-state index in [1.165, 1.54) is 44.1 Å². The number of rotatable bonds is 6. The summed E-state index contributed by atoms with van der Waals surface area (Å²) in [6.07, 6.45) is 11.9. The van der Waals surface area contributed by atoms with E-state index < -0.39 is 0 Å². The third-order valence-corrected chi connectivity index (χ3v) is 4.46. The lowest BCUT2D eigenvalue weighted by atomic mass is 9.93. The first-order chi connectivity index (χ1) is 9.85. The maximum Gasteiger partial charge on any atom is 0.225 e. The Morgan fingerprint density at radius 1 is 1.15 bits per heavy atom. The van der Waals surface area contributed by atoms with Crippen molar-refractivity contribution in [2.75, 3.05) is 18.0 Å². The molecule has 0 amide bonds. The Kier molecular flexibility index (Phi) is 4.51. The summed E-state index contributed by atoms with van der Waals surface area (Å²) in [5.74, 6) is 1.83. The molecule has 110 valence electrons. The lowest BCUT2D eigenvalue weighted by molar-refractivity contribution is 0.376. The normalized spacial score (nSPS) is 20.4. The van der Waals surface area contributed by atoms with E-state index in [0.717, 1.165) is 37.5 Å². The van der Waals surface area contributed by atoms with Gasteiger partial charge in [0.2, 0.25) is 5.95 Å². The van der Waals surface area contributed by atoms with E-state index in [1.807, 2.05) is 12.4 Å². The van der Waals surface area contributed by atoms with Gasteiger partial charge in [-0.3, -0.25) is 0 Å². The van der Waals surface area contributed by atoms with Crippen LogP contribution < -0.4 is 10.2 Å². The predicted octanol–water partition coefficient (Wildman–Crippen LogP) is 2.75. The number of nitrogens with zero attached hydrogens (tertiary/aromatic N) is 3. The van der Waals surface area contributed by atoms with Crippen molar-refractivity contribution >= 4 is 5.95 Å². The monoisotopic (exact) mass is 274 g/mol. The van der Waals surface area contributed by atoms with Gasteiger partial charge < -0.3 is 10.2 Å². The molecule has 0 radical (unpaired) electrons. The van der Waals surface area contributed by atoms with Gasteiger partial charge in [0.1, 0.15) is 0 Å². The van der Waals surface area contributed by atoms with Gasteiger partial charge in [-0.2, -0.15) is 0 Å². The first-order valence-corrected chi connectivity index (χ1v) is 8.14. The number of anilines is 1. The molecule has 0 bridgehead atoms. The Morgan fingerprint density at radius 3 is 2.45 bits per heavy atom. The maximum absolute atomic E-state index is 4.55. The standard InChI is InChI=1S/C16H26N4/c1-2-3-13-6-8-20(9-7-13)16-18-11-14(12-19-16)10-17-15-4-5-15/h11-13,15,17H,2-10H2,1H3. The molecule has 1 saturated carbocycles. The van der Waals surface area contributed by atoms with Crippen molar-refractivity contribution in [3.05, 3.63) is 18.0 Å². The van der Waals surface area contributed by atoms with Gasteiger partial charge in [-0.15, -0.1) is 0 Å². The van der Waals surface area contributed by atoms with Crippen LogP contribution in [0.1, 0.15) is 51.0 Å². The molecule has 0 atom stereocenters. The van der Waals surface area contributed by atoms with Gasteiger partial charge in [-0.25, -0.2) is 9.97 Å². The van der Waals surface area contributed by atoms with Crippen LogP contribution in [0.3, 0.4) is 0 Å². The smallest absolute Gasteiger partial charge is 0.225 e. The second-order valence-electron chi connectivity index (χ2n) is 6.27. The summed E-state index contributed by atoms with van der Waals surface area (Å²) < 4.78 is 0. The first kappa shape index (κ1) is 13.8. The molecule has 2 aliphatic rings. The number of hydrogen-bond acceptors (Lipinski definition) is 4. The number of nitrogens with one attached hydrogen (secondary N) is 1. The van der Waals surface area contributed by atoms with Gasteiger partial charge in [0, 0.05) is 43.6 Å². The van der Waals surface area contributed by atoms with Crippen molar-refractivity contribution in [2.24, 2.45) is 5.92 Å². The van der Waals surface area contributed by atoms with Crippen molar-refractivity contribution in [3.63, 3.8) is 0 Å². The molecule has 1 aliphatic carbocycles. The van der Waals surface area contributed by atoms with E-state index in [1.54, 1.807) is 0 Å².